The molecule has 1 atom stereocenters. The monoisotopic (exact) mass is 247 g/mol. The third kappa shape index (κ3) is 4.09. The molecule has 1 aromatic rings. The topological polar surface area (TPSA) is 27.3 Å². The van der Waals surface area contributed by atoms with E-state index in [0.717, 1.165) is 13.1 Å². The third-order valence-electron chi connectivity index (χ3n) is 3.73. The molecule has 1 saturated heterocycles. The lowest BCUT2D eigenvalue weighted by Gasteiger charge is -2.27. The summed E-state index contributed by atoms with van der Waals surface area (Å²) in [6.07, 6.45) is 2.48. The Labute approximate surface area is 111 Å². The fraction of sp³-hybridized carbons (Fsp3) is 0.600. The first-order valence-corrected chi connectivity index (χ1v) is 7.05. The maximum atomic E-state index is 3.43. The molecule has 2 N–H and O–H groups in total. The zero-order valence-corrected chi connectivity index (χ0v) is 11.4. The second-order valence-electron chi connectivity index (χ2n) is 4.99. The number of rotatable bonds is 6. The van der Waals surface area contributed by atoms with E-state index >= 15 is 0 Å². The van der Waals surface area contributed by atoms with Crippen LogP contribution in [-0.2, 0) is 0 Å². The van der Waals surface area contributed by atoms with Gasteiger partial charge in [0.25, 0.3) is 0 Å². The van der Waals surface area contributed by atoms with Crippen molar-refractivity contribution in [2.75, 3.05) is 39.8 Å². The van der Waals surface area contributed by atoms with Crippen molar-refractivity contribution in [2.24, 2.45) is 0 Å². The Kier molecular flexibility index (Phi) is 5.65. The van der Waals surface area contributed by atoms with Gasteiger partial charge >= 0.3 is 0 Å². The molecule has 1 fully saturated rings. The Hall–Kier alpha value is -0.900. The van der Waals surface area contributed by atoms with Crippen molar-refractivity contribution >= 4 is 0 Å². The maximum Gasteiger partial charge on any atom is 0.0317 e. The Bertz CT molecular complexity index is 320. The minimum atomic E-state index is 0.495. The Morgan fingerprint density at radius 3 is 2.61 bits per heavy atom. The van der Waals surface area contributed by atoms with Crippen LogP contribution >= 0.6 is 0 Å². The van der Waals surface area contributed by atoms with Crippen molar-refractivity contribution in [1.29, 1.82) is 0 Å². The van der Waals surface area contributed by atoms with Crippen molar-refractivity contribution in [2.45, 2.75) is 18.9 Å². The molecule has 18 heavy (non-hydrogen) atoms. The van der Waals surface area contributed by atoms with Crippen molar-refractivity contribution in [3.63, 3.8) is 0 Å². The molecule has 0 radical (unpaired) electrons. The average Bonchev–Trinajstić information content (AvgIpc) is 2.46. The van der Waals surface area contributed by atoms with Crippen LogP contribution in [0, 0.1) is 0 Å². The van der Waals surface area contributed by atoms with Crippen molar-refractivity contribution in [3.8, 4) is 0 Å². The molecule has 3 heteroatoms. The Morgan fingerprint density at radius 2 is 1.94 bits per heavy atom. The third-order valence-corrected chi connectivity index (χ3v) is 3.73. The smallest absolute Gasteiger partial charge is 0.0317 e. The summed E-state index contributed by atoms with van der Waals surface area (Å²) in [6, 6.07) is 11.2. The largest absolute Gasteiger partial charge is 0.314 e. The van der Waals surface area contributed by atoms with Gasteiger partial charge in [-0.1, -0.05) is 30.3 Å². The highest BCUT2D eigenvalue weighted by Gasteiger charge is 2.11. The summed E-state index contributed by atoms with van der Waals surface area (Å²) in [7, 11) is 2.06. The van der Waals surface area contributed by atoms with E-state index in [4.69, 9.17) is 0 Å². The van der Waals surface area contributed by atoms with Crippen LogP contribution in [0.1, 0.15) is 24.4 Å². The van der Waals surface area contributed by atoms with Gasteiger partial charge in [-0.2, -0.15) is 0 Å². The number of nitrogens with one attached hydrogen (secondary N) is 2. The zero-order valence-electron chi connectivity index (χ0n) is 11.4. The number of hydrogen-bond acceptors (Lipinski definition) is 3. The molecule has 2 rings (SSSR count). The van der Waals surface area contributed by atoms with E-state index in [9.17, 15) is 0 Å². The van der Waals surface area contributed by atoms with Gasteiger partial charge < -0.3 is 15.5 Å². The lowest BCUT2D eigenvalue weighted by molar-refractivity contribution is 0.233. The zero-order chi connectivity index (χ0) is 12.6. The van der Waals surface area contributed by atoms with Crippen molar-refractivity contribution in [3.05, 3.63) is 35.9 Å². The summed E-state index contributed by atoms with van der Waals surface area (Å²) >= 11 is 0. The SMILES string of the molecule is CNC(CCCN1CCNCC1)c1ccccc1. The number of piperazine rings is 1. The lowest BCUT2D eigenvalue weighted by Crippen LogP contribution is -2.43. The fourth-order valence-electron chi connectivity index (χ4n) is 2.62. The molecule has 0 saturated carbocycles. The van der Waals surface area contributed by atoms with E-state index in [1.165, 1.54) is 38.0 Å². The van der Waals surface area contributed by atoms with Crippen LogP contribution in [0.25, 0.3) is 0 Å². The molecule has 0 aliphatic carbocycles. The average molecular weight is 247 g/mol. The van der Waals surface area contributed by atoms with Gasteiger partial charge in [-0.25, -0.2) is 0 Å². The van der Waals surface area contributed by atoms with E-state index in [0.29, 0.717) is 6.04 Å². The summed E-state index contributed by atoms with van der Waals surface area (Å²) in [4.78, 5) is 2.56. The number of nitrogens with zero attached hydrogens (tertiary/aromatic N) is 1. The van der Waals surface area contributed by atoms with Crippen LogP contribution in [0.15, 0.2) is 30.3 Å². The number of hydrogen-bond donors (Lipinski definition) is 2. The molecule has 0 spiro atoms. The van der Waals surface area contributed by atoms with E-state index in [1.54, 1.807) is 0 Å². The van der Waals surface area contributed by atoms with Gasteiger partial charge in [0.1, 0.15) is 0 Å². The lowest BCUT2D eigenvalue weighted by atomic mass is 10.0. The van der Waals surface area contributed by atoms with E-state index < -0.39 is 0 Å². The van der Waals surface area contributed by atoms with Gasteiger partial charge in [0.05, 0.1) is 0 Å². The standard InChI is InChI=1S/C15H25N3/c1-16-15(14-6-3-2-4-7-14)8-5-11-18-12-9-17-10-13-18/h2-4,6-7,15-17H,5,8-13H2,1H3. The van der Waals surface area contributed by atoms with Crippen LogP contribution in [0.2, 0.25) is 0 Å². The molecular weight excluding hydrogens is 222 g/mol. The van der Waals surface area contributed by atoms with Crippen LogP contribution < -0.4 is 10.6 Å². The van der Waals surface area contributed by atoms with E-state index in [-0.39, 0.29) is 0 Å². The molecule has 1 unspecified atom stereocenters. The molecule has 0 aromatic heterocycles. The van der Waals surface area contributed by atoms with Gasteiger partial charge in [-0.3, -0.25) is 0 Å². The van der Waals surface area contributed by atoms with Crippen molar-refractivity contribution in [1.82, 2.24) is 15.5 Å². The highest BCUT2D eigenvalue weighted by Crippen LogP contribution is 2.17. The summed E-state index contributed by atoms with van der Waals surface area (Å²) in [5.41, 5.74) is 1.40. The molecule has 100 valence electrons. The second kappa shape index (κ2) is 7.52. The van der Waals surface area contributed by atoms with Crippen LogP contribution in [-0.4, -0.2) is 44.7 Å². The fourth-order valence-corrected chi connectivity index (χ4v) is 2.62. The highest BCUT2D eigenvalue weighted by molar-refractivity contribution is 5.18. The quantitative estimate of drug-likeness (QED) is 0.800. The Morgan fingerprint density at radius 1 is 1.22 bits per heavy atom. The first kappa shape index (κ1) is 13.5. The molecule has 0 bridgehead atoms. The van der Waals surface area contributed by atoms with Gasteiger partial charge in [-0.05, 0) is 32.0 Å². The maximum absolute atomic E-state index is 3.43. The molecule has 1 aliphatic heterocycles. The summed E-state index contributed by atoms with van der Waals surface area (Å²) in [6.45, 7) is 5.93. The van der Waals surface area contributed by atoms with Crippen molar-refractivity contribution < 1.29 is 0 Å². The molecule has 3 nitrogen and oxygen atoms in total. The molecule has 1 aromatic carbocycles. The minimum Gasteiger partial charge on any atom is -0.314 e. The summed E-state index contributed by atoms with van der Waals surface area (Å²) < 4.78 is 0. The molecule has 1 heterocycles. The highest BCUT2D eigenvalue weighted by atomic mass is 15.2. The molecule has 0 amide bonds. The van der Waals surface area contributed by atoms with Crippen LogP contribution in [0.5, 0.6) is 0 Å². The Balaban J connectivity index is 1.73. The summed E-state index contributed by atoms with van der Waals surface area (Å²) in [5, 5.41) is 6.82. The predicted molar refractivity (Wildman–Crippen MR) is 76.8 cm³/mol. The molecule has 1 aliphatic rings. The molecular formula is C15H25N3. The van der Waals surface area contributed by atoms with Crippen LogP contribution in [0.3, 0.4) is 0 Å². The van der Waals surface area contributed by atoms with E-state index in [1.807, 2.05) is 0 Å². The van der Waals surface area contributed by atoms with Gasteiger partial charge in [0.15, 0.2) is 0 Å². The first-order valence-electron chi connectivity index (χ1n) is 7.05. The van der Waals surface area contributed by atoms with Crippen LogP contribution in [0.4, 0.5) is 0 Å². The first-order chi connectivity index (χ1) is 8.90. The van der Waals surface area contributed by atoms with Gasteiger partial charge in [0, 0.05) is 32.2 Å². The predicted octanol–water partition coefficient (Wildman–Crippen LogP) is 1.63. The van der Waals surface area contributed by atoms with Gasteiger partial charge in [0.2, 0.25) is 0 Å². The van der Waals surface area contributed by atoms with E-state index in [2.05, 4.69) is 52.9 Å². The minimum absolute atomic E-state index is 0.495. The normalized spacial score (nSPS) is 18.7. The van der Waals surface area contributed by atoms with Gasteiger partial charge in [-0.15, -0.1) is 0 Å². The second-order valence-corrected chi connectivity index (χ2v) is 4.99. The number of benzene rings is 1. The summed E-state index contributed by atoms with van der Waals surface area (Å²) in [5.74, 6) is 0.